The third-order valence-corrected chi connectivity index (χ3v) is 4.57. The van der Waals surface area contributed by atoms with Gasteiger partial charge in [-0.1, -0.05) is 0 Å². The number of anilines is 1. The Hall–Kier alpha value is -1.90. The van der Waals surface area contributed by atoms with Crippen molar-refractivity contribution in [2.24, 2.45) is 5.92 Å². The Morgan fingerprint density at radius 3 is 2.84 bits per heavy atom. The lowest BCUT2D eigenvalue weighted by Gasteiger charge is -2.06. The molecule has 2 heterocycles. The van der Waals surface area contributed by atoms with Gasteiger partial charge in [0.05, 0.1) is 29.3 Å². The van der Waals surface area contributed by atoms with Gasteiger partial charge in [0.25, 0.3) is 0 Å². The van der Waals surface area contributed by atoms with Gasteiger partial charge in [0, 0.05) is 6.20 Å². The number of aliphatic carboxylic acids is 1. The average Bonchev–Trinajstić information content (AvgIpc) is 2.84. The second-order valence-corrected chi connectivity index (χ2v) is 6.64. The summed E-state index contributed by atoms with van der Waals surface area (Å²) in [4.78, 5) is 22.3. The molecular formula is C10H13N3O5S. The van der Waals surface area contributed by atoms with Crippen LogP contribution in [-0.2, 0) is 26.0 Å². The quantitative estimate of drug-likeness (QED) is 0.759. The lowest BCUT2D eigenvalue weighted by molar-refractivity contribution is -0.137. The van der Waals surface area contributed by atoms with Gasteiger partial charge >= 0.3 is 5.97 Å². The van der Waals surface area contributed by atoms with E-state index in [9.17, 15) is 18.0 Å². The molecule has 2 rings (SSSR count). The van der Waals surface area contributed by atoms with Crippen LogP contribution < -0.4 is 5.32 Å². The van der Waals surface area contributed by atoms with E-state index in [1.807, 2.05) is 0 Å². The summed E-state index contributed by atoms with van der Waals surface area (Å²) >= 11 is 0. The number of carbonyl (C=O) groups excluding carboxylic acids is 1. The zero-order chi connectivity index (χ0) is 14.0. The van der Waals surface area contributed by atoms with E-state index in [0.29, 0.717) is 12.1 Å². The van der Waals surface area contributed by atoms with Crippen LogP contribution in [0.15, 0.2) is 12.4 Å². The van der Waals surface area contributed by atoms with E-state index in [-0.39, 0.29) is 24.0 Å². The van der Waals surface area contributed by atoms with Crippen molar-refractivity contribution < 1.29 is 23.1 Å². The van der Waals surface area contributed by atoms with Crippen molar-refractivity contribution in [2.45, 2.75) is 13.0 Å². The number of carboxylic acids is 1. The molecule has 0 bridgehead atoms. The molecule has 1 aliphatic heterocycles. The topological polar surface area (TPSA) is 118 Å². The van der Waals surface area contributed by atoms with Crippen LogP contribution in [0, 0.1) is 5.92 Å². The van der Waals surface area contributed by atoms with Gasteiger partial charge in [0.15, 0.2) is 9.84 Å². The Labute approximate surface area is 109 Å². The number of amides is 1. The van der Waals surface area contributed by atoms with Crippen molar-refractivity contribution in [2.75, 3.05) is 16.8 Å². The molecule has 0 radical (unpaired) electrons. The first-order chi connectivity index (χ1) is 8.85. The Morgan fingerprint density at radius 1 is 1.53 bits per heavy atom. The summed E-state index contributed by atoms with van der Waals surface area (Å²) in [7, 11) is -3.10. The van der Waals surface area contributed by atoms with E-state index in [0.717, 1.165) is 0 Å². The first-order valence-electron chi connectivity index (χ1n) is 5.61. The van der Waals surface area contributed by atoms with Crippen molar-refractivity contribution in [1.82, 2.24) is 9.78 Å². The van der Waals surface area contributed by atoms with Gasteiger partial charge in [-0.3, -0.25) is 14.3 Å². The maximum Gasteiger partial charge on any atom is 0.325 e. The minimum absolute atomic E-state index is 0.0311. The number of rotatable bonds is 4. The van der Waals surface area contributed by atoms with E-state index in [1.54, 1.807) is 0 Å². The Kier molecular flexibility index (Phi) is 3.56. The molecule has 0 spiro atoms. The highest BCUT2D eigenvalue weighted by atomic mass is 32.2. The summed E-state index contributed by atoms with van der Waals surface area (Å²) in [6, 6.07) is 0. The molecule has 1 aromatic heterocycles. The first kappa shape index (κ1) is 13.5. The number of carbonyl (C=O) groups is 2. The summed E-state index contributed by atoms with van der Waals surface area (Å²) in [5.74, 6) is -2.07. The summed E-state index contributed by atoms with van der Waals surface area (Å²) in [6.07, 6.45) is 3.02. The zero-order valence-electron chi connectivity index (χ0n) is 9.94. The molecule has 8 nitrogen and oxygen atoms in total. The molecule has 9 heteroatoms. The van der Waals surface area contributed by atoms with Crippen molar-refractivity contribution in [1.29, 1.82) is 0 Å². The van der Waals surface area contributed by atoms with Crippen LogP contribution in [0.5, 0.6) is 0 Å². The summed E-state index contributed by atoms with van der Waals surface area (Å²) < 4.78 is 23.7. The van der Waals surface area contributed by atoms with Crippen LogP contribution in [0.3, 0.4) is 0 Å². The average molecular weight is 287 g/mol. The number of hydrogen-bond acceptors (Lipinski definition) is 5. The third-order valence-electron chi connectivity index (χ3n) is 2.80. The molecular weight excluding hydrogens is 274 g/mol. The van der Waals surface area contributed by atoms with Crippen LogP contribution in [0.2, 0.25) is 0 Å². The molecule has 2 N–H and O–H groups in total. The Balaban J connectivity index is 1.96. The lowest BCUT2D eigenvalue weighted by atomic mass is 10.1. The van der Waals surface area contributed by atoms with Gasteiger partial charge in [0.1, 0.15) is 6.54 Å². The highest BCUT2D eigenvalue weighted by molar-refractivity contribution is 7.91. The van der Waals surface area contributed by atoms with Crippen molar-refractivity contribution in [3.05, 3.63) is 12.4 Å². The fourth-order valence-electron chi connectivity index (χ4n) is 1.90. The molecule has 0 saturated carbocycles. The summed E-state index contributed by atoms with van der Waals surface area (Å²) in [5.41, 5.74) is 0.357. The molecule has 1 fully saturated rings. The highest BCUT2D eigenvalue weighted by Gasteiger charge is 2.33. The normalized spacial score (nSPS) is 21.2. The maximum absolute atomic E-state index is 11.8. The maximum atomic E-state index is 11.8. The van der Waals surface area contributed by atoms with Gasteiger partial charge in [-0.25, -0.2) is 8.42 Å². The van der Waals surface area contributed by atoms with Crippen LogP contribution >= 0.6 is 0 Å². The monoisotopic (exact) mass is 287 g/mol. The lowest BCUT2D eigenvalue weighted by Crippen LogP contribution is -2.23. The predicted octanol–water partition coefficient (Wildman–Crippen LogP) is -0.659. The van der Waals surface area contributed by atoms with Crippen molar-refractivity contribution in [3.8, 4) is 0 Å². The van der Waals surface area contributed by atoms with Gasteiger partial charge in [-0.2, -0.15) is 5.10 Å². The SMILES string of the molecule is O=C(O)Cn1cc(NC(=O)C2CCS(=O)(=O)C2)cn1. The summed E-state index contributed by atoms with van der Waals surface area (Å²) in [5, 5.41) is 14.9. The van der Waals surface area contributed by atoms with Crippen LogP contribution in [0.25, 0.3) is 0 Å². The number of carboxylic acid groups (broad SMARTS) is 1. The molecule has 1 aromatic rings. The van der Waals surface area contributed by atoms with Gasteiger partial charge < -0.3 is 10.4 Å². The smallest absolute Gasteiger partial charge is 0.325 e. The standard InChI is InChI=1S/C10H13N3O5S/c14-9(15)5-13-4-8(3-11-13)12-10(16)7-1-2-19(17,18)6-7/h3-4,7H,1-2,5-6H2,(H,12,16)(H,14,15). The minimum atomic E-state index is -3.10. The second-order valence-electron chi connectivity index (χ2n) is 4.41. The first-order valence-corrected chi connectivity index (χ1v) is 7.43. The third kappa shape index (κ3) is 3.53. The van der Waals surface area contributed by atoms with Crippen molar-refractivity contribution >= 4 is 27.4 Å². The van der Waals surface area contributed by atoms with Crippen LogP contribution in [0.1, 0.15) is 6.42 Å². The Bertz CT molecular complexity index is 606. The number of sulfone groups is 1. The molecule has 19 heavy (non-hydrogen) atoms. The van der Waals surface area contributed by atoms with Gasteiger partial charge in [-0.05, 0) is 6.42 Å². The number of aromatic nitrogens is 2. The minimum Gasteiger partial charge on any atom is -0.480 e. The van der Waals surface area contributed by atoms with Crippen LogP contribution in [-0.4, -0.2) is 46.7 Å². The summed E-state index contributed by atoms with van der Waals surface area (Å²) in [6.45, 7) is -0.298. The fourth-order valence-corrected chi connectivity index (χ4v) is 3.64. The fraction of sp³-hybridized carbons (Fsp3) is 0.500. The Morgan fingerprint density at radius 2 is 2.26 bits per heavy atom. The molecule has 0 aliphatic carbocycles. The number of nitrogens with zero attached hydrogens (tertiary/aromatic N) is 2. The van der Waals surface area contributed by atoms with Gasteiger partial charge in [-0.15, -0.1) is 0 Å². The molecule has 1 saturated heterocycles. The zero-order valence-corrected chi connectivity index (χ0v) is 10.8. The predicted molar refractivity (Wildman–Crippen MR) is 65.3 cm³/mol. The molecule has 1 amide bonds. The van der Waals surface area contributed by atoms with E-state index in [4.69, 9.17) is 5.11 Å². The van der Waals surface area contributed by atoms with Gasteiger partial charge in [0.2, 0.25) is 5.91 Å². The largest absolute Gasteiger partial charge is 0.480 e. The highest BCUT2D eigenvalue weighted by Crippen LogP contribution is 2.20. The molecule has 1 unspecified atom stereocenters. The molecule has 0 aromatic carbocycles. The van der Waals surface area contributed by atoms with E-state index in [1.165, 1.54) is 17.1 Å². The molecule has 104 valence electrons. The molecule has 1 aliphatic rings. The number of hydrogen-bond donors (Lipinski definition) is 2. The second kappa shape index (κ2) is 5.00. The molecule has 1 atom stereocenters. The number of nitrogens with one attached hydrogen (secondary N) is 1. The van der Waals surface area contributed by atoms with E-state index < -0.39 is 21.7 Å². The van der Waals surface area contributed by atoms with Crippen molar-refractivity contribution in [3.63, 3.8) is 0 Å². The van der Waals surface area contributed by atoms with E-state index >= 15 is 0 Å². The van der Waals surface area contributed by atoms with E-state index in [2.05, 4.69) is 10.4 Å². The van der Waals surface area contributed by atoms with Crippen LogP contribution in [0.4, 0.5) is 5.69 Å².